The number of halogens is 1. The van der Waals surface area contributed by atoms with Crippen molar-refractivity contribution in [2.24, 2.45) is 5.10 Å². The smallest absolute Gasteiger partial charge is 0.269 e. The number of rotatable bonds is 10. The largest absolute Gasteiger partial charge is 0.497 e. The molecule has 0 saturated carbocycles. The molecule has 9 nitrogen and oxygen atoms in total. The summed E-state index contributed by atoms with van der Waals surface area (Å²) in [6, 6.07) is 16.8. The van der Waals surface area contributed by atoms with Crippen molar-refractivity contribution in [3.05, 3.63) is 91.9 Å². The molecule has 0 spiro atoms. The highest BCUT2D eigenvalue weighted by Crippen LogP contribution is 2.37. The number of carbonyl (C=O) groups is 1. The van der Waals surface area contributed by atoms with Crippen molar-refractivity contribution in [1.82, 2.24) is 5.43 Å². The molecule has 0 atom stereocenters. The summed E-state index contributed by atoms with van der Waals surface area (Å²) in [6.45, 7) is 0.196. The Hall–Kier alpha value is -3.92. The van der Waals surface area contributed by atoms with Crippen molar-refractivity contribution in [1.29, 1.82) is 0 Å². The van der Waals surface area contributed by atoms with Crippen LogP contribution in [0.5, 0.6) is 17.2 Å². The summed E-state index contributed by atoms with van der Waals surface area (Å²) in [7, 11) is 3.10. The summed E-state index contributed by atoms with van der Waals surface area (Å²) < 4.78 is 17.0. The quantitative estimate of drug-likeness (QED) is 0.233. The molecule has 0 aliphatic carbocycles. The molecule has 1 amide bonds. The molecule has 176 valence electrons. The predicted octanol–water partition coefficient (Wildman–Crippen LogP) is 4.65. The van der Waals surface area contributed by atoms with Gasteiger partial charge in [0.05, 0.1) is 36.3 Å². The van der Waals surface area contributed by atoms with Gasteiger partial charge in [0.2, 0.25) is 5.91 Å². The second-order valence-corrected chi connectivity index (χ2v) is 7.92. The van der Waals surface area contributed by atoms with E-state index in [0.29, 0.717) is 21.5 Å². The van der Waals surface area contributed by atoms with E-state index in [1.54, 1.807) is 43.5 Å². The first kappa shape index (κ1) is 24.7. The van der Waals surface area contributed by atoms with Gasteiger partial charge in [0.25, 0.3) is 5.69 Å². The Labute approximate surface area is 204 Å². The molecule has 0 aromatic heterocycles. The SMILES string of the molecule is COc1ccc(CC(=O)N/N=C/c2cc(Br)c(OCc3ccc([N+](=O)[O-])cc3)c(OC)c2)cc1. The normalized spacial score (nSPS) is 10.7. The predicted molar refractivity (Wildman–Crippen MR) is 131 cm³/mol. The number of carbonyl (C=O) groups excluding carboxylic acids is 1. The molecule has 3 rings (SSSR count). The number of nitro groups is 1. The average Bonchev–Trinajstić information content (AvgIpc) is 2.83. The van der Waals surface area contributed by atoms with Crippen LogP contribution in [-0.2, 0) is 17.8 Å². The molecule has 0 bridgehead atoms. The van der Waals surface area contributed by atoms with Gasteiger partial charge >= 0.3 is 0 Å². The Kier molecular flexibility index (Phi) is 8.58. The minimum absolute atomic E-state index is 0.0160. The lowest BCUT2D eigenvalue weighted by atomic mass is 10.1. The summed E-state index contributed by atoms with van der Waals surface area (Å²) in [5.41, 5.74) is 4.80. The van der Waals surface area contributed by atoms with Gasteiger partial charge in [-0.25, -0.2) is 5.43 Å². The number of nitro benzene ring substituents is 1. The van der Waals surface area contributed by atoms with E-state index in [4.69, 9.17) is 14.2 Å². The average molecular weight is 528 g/mol. The fraction of sp³-hybridized carbons (Fsp3) is 0.167. The van der Waals surface area contributed by atoms with Crippen LogP contribution in [0.15, 0.2) is 70.2 Å². The minimum atomic E-state index is -0.452. The van der Waals surface area contributed by atoms with Crippen LogP contribution in [0.4, 0.5) is 5.69 Å². The third kappa shape index (κ3) is 6.79. The molecule has 1 N–H and O–H groups in total. The third-order valence-corrected chi connectivity index (χ3v) is 5.30. The van der Waals surface area contributed by atoms with Crippen LogP contribution in [0.3, 0.4) is 0 Å². The zero-order chi connectivity index (χ0) is 24.5. The number of hydrogen-bond acceptors (Lipinski definition) is 7. The van der Waals surface area contributed by atoms with Gasteiger partial charge in [-0.2, -0.15) is 5.10 Å². The second kappa shape index (κ2) is 11.8. The highest BCUT2D eigenvalue weighted by atomic mass is 79.9. The van der Waals surface area contributed by atoms with Crippen LogP contribution in [0.1, 0.15) is 16.7 Å². The lowest BCUT2D eigenvalue weighted by Crippen LogP contribution is -2.19. The first-order valence-electron chi connectivity index (χ1n) is 10.1. The Bertz CT molecular complexity index is 1180. The van der Waals surface area contributed by atoms with Crippen LogP contribution in [-0.4, -0.2) is 31.3 Å². The number of hydrazone groups is 1. The number of ether oxygens (including phenoxy) is 3. The maximum Gasteiger partial charge on any atom is 0.269 e. The van der Waals surface area contributed by atoms with Gasteiger partial charge in [-0.3, -0.25) is 14.9 Å². The van der Waals surface area contributed by atoms with E-state index in [1.165, 1.54) is 25.5 Å². The molecule has 34 heavy (non-hydrogen) atoms. The third-order valence-electron chi connectivity index (χ3n) is 4.71. The molecule has 0 unspecified atom stereocenters. The van der Waals surface area contributed by atoms with Crippen molar-refractivity contribution >= 4 is 33.7 Å². The second-order valence-electron chi connectivity index (χ2n) is 7.06. The van der Waals surface area contributed by atoms with Crippen LogP contribution in [0.2, 0.25) is 0 Å². The lowest BCUT2D eigenvalue weighted by molar-refractivity contribution is -0.384. The Morgan fingerprint density at radius 3 is 2.35 bits per heavy atom. The molecule has 0 fully saturated rings. The Morgan fingerprint density at radius 2 is 1.74 bits per heavy atom. The summed E-state index contributed by atoms with van der Waals surface area (Å²) in [5, 5.41) is 14.8. The fourth-order valence-corrected chi connectivity index (χ4v) is 3.55. The van der Waals surface area contributed by atoms with Crippen LogP contribution in [0, 0.1) is 10.1 Å². The fourth-order valence-electron chi connectivity index (χ4n) is 2.97. The van der Waals surface area contributed by atoms with Crippen molar-refractivity contribution in [3.8, 4) is 17.2 Å². The van der Waals surface area contributed by atoms with Gasteiger partial charge in [0.15, 0.2) is 11.5 Å². The number of hydrogen-bond donors (Lipinski definition) is 1. The monoisotopic (exact) mass is 527 g/mol. The summed E-state index contributed by atoms with van der Waals surface area (Å²) in [4.78, 5) is 22.5. The van der Waals surface area contributed by atoms with Crippen molar-refractivity contribution in [2.75, 3.05) is 14.2 Å². The van der Waals surface area contributed by atoms with E-state index in [9.17, 15) is 14.9 Å². The number of amides is 1. The van der Waals surface area contributed by atoms with E-state index < -0.39 is 4.92 Å². The topological polar surface area (TPSA) is 112 Å². The van der Waals surface area contributed by atoms with E-state index in [-0.39, 0.29) is 24.6 Å². The van der Waals surface area contributed by atoms with Gasteiger partial charge in [0, 0.05) is 12.1 Å². The van der Waals surface area contributed by atoms with Crippen LogP contribution in [0.25, 0.3) is 0 Å². The molecule has 3 aromatic carbocycles. The van der Waals surface area contributed by atoms with Gasteiger partial charge in [-0.05, 0) is 69.0 Å². The molecule has 3 aromatic rings. The van der Waals surface area contributed by atoms with E-state index in [0.717, 1.165) is 16.9 Å². The first-order valence-corrected chi connectivity index (χ1v) is 10.9. The standard InChI is InChI=1S/C24H22BrN3O6/c1-32-20-9-5-16(6-10-20)13-23(29)27-26-14-18-11-21(25)24(22(12-18)33-2)34-15-17-3-7-19(8-4-17)28(30)31/h3-12,14H,13,15H2,1-2H3,(H,27,29)/b26-14+. The Balaban J connectivity index is 1.61. The highest BCUT2D eigenvalue weighted by Gasteiger charge is 2.12. The number of nitrogens with zero attached hydrogens (tertiary/aromatic N) is 2. The van der Waals surface area contributed by atoms with E-state index in [2.05, 4.69) is 26.5 Å². The maximum absolute atomic E-state index is 12.1. The molecule has 0 heterocycles. The summed E-state index contributed by atoms with van der Waals surface area (Å²) >= 11 is 3.47. The number of nitrogens with one attached hydrogen (secondary N) is 1. The minimum Gasteiger partial charge on any atom is -0.497 e. The molecular formula is C24H22BrN3O6. The van der Waals surface area contributed by atoms with Gasteiger partial charge in [-0.1, -0.05) is 12.1 Å². The molecule has 0 radical (unpaired) electrons. The number of methoxy groups -OCH3 is 2. The van der Waals surface area contributed by atoms with Gasteiger partial charge in [0.1, 0.15) is 12.4 Å². The zero-order valence-electron chi connectivity index (χ0n) is 18.5. The summed E-state index contributed by atoms with van der Waals surface area (Å²) in [5.74, 6) is 1.40. The van der Waals surface area contributed by atoms with Crippen molar-refractivity contribution in [2.45, 2.75) is 13.0 Å². The van der Waals surface area contributed by atoms with E-state index in [1.807, 2.05) is 12.1 Å². The van der Waals surface area contributed by atoms with Crippen molar-refractivity contribution < 1.29 is 23.9 Å². The van der Waals surface area contributed by atoms with Crippen LogP contribution < -0.4 is 19.6 Å². The van der Waals surface area contributed by atoms with Gasteiger partial charge in [-0.15, -0.1) is 0 Å². The summed E-state index contributed by atoms with van der Waals surface area (Å²) in [6.07, 6.45) is 1.68. The zero-order valence-corrected chi connectivity index (χ0v) is 20.1. The lowest BCUT2D eigenvalue weighted by Gasteiger charge is -2.13. The number of benzene rings is 3. The molecule has 0 aliphatic heterocycles. The maximum atomic E-state index is 12.1. The molecule has 10 heteroatoms. The van der Waals surface area contributed by atoms with Crippen LogP contribution >= 0.6 is 15.9 Å². The van der Waals surface area contributed by atoms with Crippen molar-refractivity contribution in [3.63, 3.8) is 0 Å². The molecular weight excluding hydrogens is 506 g/mol. The Morgan fingerprint density at radius 1 is 1.06 bits per heavy atom. The van der Waals surface area contributed by atoms with E-state index >= 15 is 0 Å². The first-order chi connectivity index (χ1) is 16.4. The van der Waals surface area contributed by atoms with Gasteiger partial charge < -0.3 is 14.2 Å². The highest BCUT2D eigenvalue weighted by molar-refractivity contribution is 9.10. The molecule has 0 aliphatic rings. The molecule has 0 saturated heterocycles. The number of non-ortho nitro benzene ring substituents is 1.